The Labute approximate surface area is 214 Å². The van der Waals surface area contributed by atoms with E-state index in [0.717, 1.165) is 29.2 Å². The molecule has 2 rings (SSSR count). The van der Waals surface area contributed by atoms with E-state index in [-0.39, 0.29) is 24.5 Å². The highest BCUT2D eigenvalue weighted by molar-refractivity contribution is 7.99. The Morgan fingerprint density at radius 3 is 2.46 bits per heavy atom. The molecule has 2 aromatic carbocycles. The van der Waals surface area contributed by atoms with Gasteiger partial charge in [-0.2, -0.15) is 11.8 Å². The number of rotatable bonds is 14. The van der Waals surface area contributed by atoms with Crippen LogP contribution in [0.25, 0.3) is 10.8 Å². The van der Waals surface area contributed by atoms with E-state index in [1.54, 1.807) is 18.9 Å². The second-order valence-electron chi connectivity index (χ2n) is 9.85. The second kappa shape index (κ2) is 14.5. The first-order valence-corrected chi connectivity index (χ1v) is 13.5. The minimum atomic E-state index is -0.675. The molecule has 0 radical (unpaired) electrons. The molecule has 0 saturated carbocycles. The number of amides is 1. The Bertz CT molecular complexity index is 933. The van der Waals surface area contributed by atoms with Crippen molar-refractivity contribution in [1.29, 1.82) is 0 Å². The third-order valence-corrected chi connectivity index (χ3v) is 6.98. The van der Waals surface area contributed by atoms with Crippen molar-refractivity contribution in [2.75, 3.05) is 25.2 Å². The van der Waals surface area contributed by atoms with E-state index in [1.165, 1.54) is 0 Å². The maximum absolute atomic E-state index is 13.5. The van der Waals surface area contributed by atoms with E-state index >= 15 is 0 Å². The molecular weight excluding hydrogens is 462 g/mol. The van der Waals surface area contributed by atoms with Crippen molar-refractivity contribution in [3.8, 4) is 0 Å². The van der Waals surface area contributed by atoms with Gasteiger partial charge in [-0.3, -0.25) is 4.79 Å². The van der Waals surface area contributed by atoms with E-state index in [2.05, 4.69) is 36.5 Å². The zero-order valence-electron chi connectivity index (χ0n) is 21.7. The quantitative estimate of drug-likeness (QED) is 0.362. The second-order valence-corrected chi connectivity index (χ2v) is 10.9. The molecule has 0 bridgehead atoms. The van der Waals surface area contributed by atoms with Crippen LogP contribution in [0.3, 0.4) is 0 Å². The van der Waals surface area contributed by atoms with Crippen molar-refractivity contribution < 1.29 is 24.2 Å². The molecule has 2 aromatic rings. The van der Waals surface area contributed by atoms with Gasteiger partial charge in [0.05, 0.1) is 18.6 Å². The molecule has 0 aliphatic carbocycles. The fourth-order valence-corrected chi connectivity index (χ4v) is 5.01. The van der Waals surface area contributed by atoms with Gasteiger partial charge in [-0.1, -0.05) is 62.2 Å². The first kappa shape index (κ1) is 29.1. The fraction of sp³-hybridized carbons (Fsp3) is 0.571. The lowest BCUT2D eigenvalue weighted by Crippen LogP contribution is -2.47. The van der Waals surface area contributed by atoms with Gasteiger partial charge < -0.3 is 19.9 Å². The number of fused-ring (bicyclic) bond motifs is 1. The standard InChI is InChI=1S/C28H41NO5S/c1-6-7-15-25(27(32)34-28(2,3)4)29-26(31)22(18-35-19-23(17-30)33-5)16-21-13-10-12-20-11-8-9-14-24(20)21/h8-14,22-23,25,30H,6-7,15-19H2,1-5H3,(H,29,31)/t22-,23?,25+/m1/s1. The largest absolute Gasteiger partial charge is 0.458 e. The highest BCUT2D eigenvalue weighted by Crippen LogP contribution is 2.24. The topological polar surface area (TPSA) is 84.9 Å². The number of aliphatic hydroxyl groups is 1. The number of ether oxygens (including phenoxy) is 2. The van der Waals surface area contributed by atoms with E-state index < -0.39 is 17.6 Å². The fourth-order valence-electron chi connectivity index (χ4n) is 3.82. The highest BCUT2D eigenvalue weighted by atomic mass is 32.2. The molecule has 194 valence electrons. The summed E-state index contributed by atoms with van der Waals surface area (Å²) >= 11 is 1.57. The van der Waals surface area contributed by atoms with Gasteiger partial charge in [-0.15, -0.1) is 0 Å². The Morgan fingerprint density at radius 2 is 1.80 bits per heavy atom. The van der Waals surface area contributed by atoms with Crippen LogP contribution in [0.5, 0.6) is 0 Å². The summed E-state index contributed by atoms with van der Waals surface area (Å²) < 4.78 is 10.9. The van der Waals surface area contributed by atoms with Gasteiger partial charge in [0.25, 0.3) is 0 Å². The molecule has 0 aliphatic heterocycles. The van der Waals surface area contributed by atoms with Crippen molar-refractivity contribution in [1.82, 2.24) is 5.32 Å². The Balaban J connectivity index is 2.23. The van der Waals surface area contributed by atoms with Crippen LogP contribution in [0.15, 0.2) is 42.5 Å². The highest BCUT2D eigenvalue weighted by Gasteiger charge is 2.29. The summed E-state index contributed by atoms with van der Waals surface area (Å²) in [6, 6.07) is 13.6. The Kier molecular flexibility index (Phi) is 12.0. The molecular formula is C28H41NO5S. The maximum atomic E-state index is 13.5. The summed E-state index contributed by atoms with van der Waals surface area (Å²) in [5.74, 6) is 0.223. The number of nitrogens with one attached hydrogen (secondary N) is 1. The number of hydrogen-bond acceptors (Lipinski definition) is 6. The number of unbranched alkanes of at least 4 members (excludes halogenated alkanes) is 1. The number of carbonyl (C=O) groups excluding carboxylic acids is 2. The van der Waals surface area contributed by atoms with Crippen LogP contribution in [0.4, 0.5) is 0 Å². The summed E-state index contributed by atoms with van der Waals surface area (Å²) in [6.07, 6.45) is 2.55. The van der Waals surface area contributed by atoms with Gasteiger partial charge in [0.2, 0.25) is 5.91 Å². The van der Waals surface area contributed by atoms with E-state index in [4.69, 9.17) is 9.47 Å². The third-order valence-electron chi connectivity index (χ3n) is 5.73. The zero-order valence-corrected chi connectivity index (χ0v) is 22.5. The molecule has 0 aliphatic rings. The van der Waals surface area contributed by atoms with Gasteiger partial charge in [0.1, 0.15) is 11.6 Å². The number of esters is 1. The van der Waals surface area contributed by atoms with Gasteiger partial charge in [-0.25, -0.2) is 4.79 Å². The lowest BCUT2D eigenvalue weighted by molar-refractivity contribution is -0.159. The monoisotopic (exact) mass is 503 g/mol. The molecule has 6 nitrogen and oxygen atoms in total. The van der Waals surface area contributed by atoms with Crippen LogP contribution in [0.2, 0.25) is 0 Å². The Hall–Kier alpha value is -2.09. The number of aliphatic hydroxyl groups excluding tert-OH is 1. The molecule has 0 fully saturated rings. The van der Waals surface area contributed by atoms with Crippen LogP contribution >= 0.6 is 11.8 Å². The summed E-state index contributed by atoms with van der Waals surface area (Å²) in [6.45, 7) is 7.48. The van der Waals surface area contributed by atoms with Gasteiger partial charge in [0.15, 0.2) is 0 Å². The number of thioether (sulfide) groups is 1. The van der Waals surface area contributed by atoms with Crippen LogP contribution in [0.1, 0.15) is 52.5 Å². The van der Waals surface area contributed by atoms with Crippen molar-refractivity contribution in [3.05, 3.63) is 48.0 Å². The van der Waals surface area contributed by atoms with Crippen molar-refractivity contribution >= 4 is 34.4 Å². The van der Waals surface area contributed by atoms with Gasteiger partial charge in [0, 0.05) is 18.6 Å². The lowest BCUT2D eigenvalue weighted by atomic mass is 9.95. The predicted octanol–water partition coefficient (Wildman–Crippen LogP) is 4.76. The molecule has 0 heterocycles. The predicted molar refractivity (Wildman–Crippen MR) is 144 cm³/mol. The Morgan fingerprint density at radius 1 is 1.09 bits per heavy atom. The minimum Gasteiger partial charge on any atom is -0.458 e. The number of methoxy groups -OCH3 is 1. The maximum Gasteiger partial charge on any atom is 0.329 e. The third kappa shape index (κ3) is 9.82. The molecule has 2 N–H and O–H groups in total. The van der Waals surface area contributed by atoms with E-state index in [9.17, 15) is 14.7 Å². The van der Waals surface area contributed by atoms with Crippen molar-refractivity contribution in [2.45, 2.75) is 71.1 Å². The van der Waals surface area contributed by atoms with Crippen molar-refractivity contribution in [2.24, 2.45) is 5.92 Å². The van der Waals surface area contributed by atoms with Gasteiger partial charge >= 0.3 is 5.97 Å². The smallest absolute Gasteiger partial charge is 0.329 e. The first-order chi connectivity index (χ1) is 16.7. The average molecular weight is 504 g/mol. The summed E-state index contributed by atoms with van der Waals surface area (Å²) in [5, 5.41) is 14.7. The number of benzene rings is 2. The SMILES string of the molecule is CCCC[C@H](NC(=O)[C@@H](CSCC(CO)OC)Cc1cccc2ccccc12)C(=O)OC(C)(C)C. The molecule has 0 aromatic heterocycles. The molecule has 35 heavy (non-hydrogen) atoms. The van der Waals surface area contributed by atoms with Crippen LogP contribution in [0, 0.1) is 5.92 Å². The summed E-state index contributed by atoms with van der Waals surface area (Å²) in [4.78, 5) is 26.4. The molecule has 0 saturated heterocycles. The minimum absolute atomic E-state index is 0.0680. The first-order valence-electron chi connectivity index (χ1n) is 12.4. The van der Waals surface area contributed by atoms with E-state index in [1.807, 2.05) is 39.0 Å². The molecule has 3 atom stereocenters. The molecule has 0 spiro atoms. The number of carbonyl (C=O) groups is 2. The summed E-state index contributed by atoms with van der Waals surface area (Å²) in [5.41, 5.74) is 0.473. The normalized spacial score (nSPS) is 14.3. The molecule has 7 heteroatoms. The lowest BCUT2D eigenvalue weighted by Gasteiger charge is -2.26. The zero-order chi connectivity index (χ0) is 25.8. The van der Waals surface area contributed by atoms with Crippen molar-refractivity contribution in [3.63, 3.8) is 0 Å². The van der Waals surface area contributed by atoms with Crippen LogP contribution in [-0.4, -0.2) is 60.0 Å². The van der Waals surface area contributed by atoms with Crippen LogP contribution in [-0.2, 0) is 25.5 Å². The van der Waals surface area contributed by atoms with Crippen LogP contribution < -0.4 is 5.32 Å². The number of hydrogen-bond donors (Lipinski definition) is 2. The molecule has 1 amide bonds. The average Bonchev–Trinajstić information content (AvgIpc) is 2.82. The molecule has 1 unspecified atom stereocenters. The van der Waals surface area contributed by atoms with Gasteiger partial charge in [-0.05, 0) is 49.9 Å². The summed E-state index contributed by atoms with van der Waals surface area (Å²) in [7, 11) is 1.57. The van der Waals surface area contributed by atoms with E-state index in [0.29, 0.717) is 24.3 Å².